The van der Waals surface area contributed by atoms with Crippen molar-refractivity contribution in [1.82, 2.24) is 14.9 Å². The van der Waals surface area contributed by atoms with Crippen LogP contribution in [0.2, 0.25) is 0 Å². The molecule has 3 rings (SSSR count). The van der Waals surface area contributed by atoms with Gasteiger partial charge in [-0.05, 0) is 24.3 Å². The molecule has 180 valence electrons. The number of carboxylic acids is 1. The van der Waals surface area contributed by atoms with Gasteiger partial charge in [0.05, 0.1) is 0 Å². The first-order valence-electron chi connectivity index (χ1n) is 10.3. The lowest BCUT2D eigenvalue weighted by molar-refractivity contribution is -0.387. The van der Waals surface area contributed by atoms with Gasteiger partial charge in [-0.1, -0.05) is 30.3 Å². The molecule has 1 fully saturated rings. The Hall–Kier alpha value is -3.41. The minimum absolute atomic E-state index is 0.228. The van der Waals surface area contributed by atoms with E-state index in [1.165, 1.54) is 0 Å². The van der Waals surface area contributed by atoms with Gasteiger partial charge in [0.15, 0.2) is 5.82 Å². The number of amides is 1. The van der Waals surface area contributed by atoms with Gasteiger partial charge >= 0.3 is 12.3 Å². The molecule has 2 aromatic rings. The Labute approximate surface area is 188 Å². The number of nitrogens with one attached hydrogen (secondary N) is 1. The van der Waals surface area contributed by atoms with E-state index >= 15 is 0 Å². The molecular weight excluding hydrogens is 443 g/mol. The highest BCUT2D eigenvalue weighted by atomic mass is 19.4. The van der Waals surface area contributed by atoms with Crippen LogP contribution in [0.3, 0.4) is 0 Å². The molecule has 33 heavy (non-hydrogen) atoms. The lowest BCUT2D eigenvalue weighted by Gasteiger charge is -2.31. The molecule has 0 saturated carbocycles. The van der Waals surface area contributed by atoms with Gasteiger partial charge in [-0.3, -0.25) is 0 Å². The minimum Gasteiger partial charge on any atom is -0.542 e. The van der Waals surface area contributed by atoms with Gasteiger partial charge in [0, 0.05) is 32.0 Å². The molecule has 1 aromatic carbocycles. The second-order valence-corrected chi connectivity index (χ2v) is 7.24. The van der Waals surface area contributed by atoms with Crippen LogP contribution >= 0.6 is 0 Å². The Bertz CT molecular complexity index is 891. The molecule has 2 heterocycles. The summed E-state index contributed by atoms with van der Waals surface area (Å²) in [6.07, 6.45) is -0.146. The summed E-state index contributed by atoms with van der Waals surface area (Å²) < 4.78 is 37.0. The van der Waals surface area contributed by atoms with Crippen LogP contribution in [0.15, 0.2) is 42.7 Å². The number of alkyl halides is 3. The summed E-state index contributed by atoms with van der Waals surface area (Å²) in [6, 6.07) is 9.75. The highest BCUT2D eigenvalue weighted by Crippen LogP contribution is 2.19. The number of aromatic nitrogens is 2. The maximum Gasteiger partial charge on any atom is 0.430 e. The standard InChI is InChI=1S/C19H25N5O2.C2HF3O2/c20-12-17-18(22-9-8-21-17)23-13-15-6-10-24(11-7-15)19(25)26-14-16-4-2-1-3-5-16;3-2(4,5)1(6)7/h1-5,8-9,15H,6-7,10-14,20H2,(H,22,23);(H,6,7). The number of hydrogen-bond donors (Lipinski definition) is 2. The van der Waals surface area contributed by atoms with E-state index in [9.17, 15) is 18.0 Å². The summed E-state index contributed by atoms with van der Waals surface area (Å²) in [4.78, 5) is 31.4. The Kier molecular flexibility index (Phi) is 9.85. The maximum atomic E-state index is 12.2. The summed E-state index contributed by atoms with van der Waals surface area (Å²) >= 11 is 0. The third kappa shape index (κ3) is 8.93. The van der Waals surface area contributed by atoms with Crippen molar-refractivity contribution in [3.05, 3.63) is 54.0 Å². The van der Waals surface area contributed by atoms with Crippen LogP contribution in [0, 0.1) is 5.92 Å². The van der Waals surface area contributed by atoms with Crippen molar-refractivity contribution in [2.75, 3.05) is 25.0 Å². The molecule has 1 amide bonds. The quantitative estimate of drug-likeness (QED) is 0.644. The number of carbonyl (C=O) groups is 2. The zero-order valence-corrected chi connectivity index (χ0v) is 17.9. The Balaban J connectivity index is 0.000000479. The Morgan fingerprint density at radius 3 is 2.33 bits per heavy atom. The van der Waals surface area contributed by atoms with Gasteiger partial charge in [0.25, 0.3) is 0 Å². The summed E-state index contributed by atoms with van der Waals surface area (Å²) in [6.45, 7) is 3.22. The third-order valence-corrected chi connectivity index (χ3v) is 4.88. The third-order valence-electron chi connectivity index (χ3n) is 4.88. The van der Waals surface area contributed by atoms with Crippen LogP contribution in [0.25, 0.3) is 0 Å². The predicted molar refractivity (Wildman–Crippen MR) is 109 cm³/mol. The van der Waals surface area contributed by atoms with Crippen molar-refractivity contribution in [3.8, 4) is 0 Å². The first-order valence-corrected chi connectivity index (χ1v) is 10.3. The summed E-state index contributed by atoms with van der Waals surface area (Å²) in [5.74, 6) is -1.69. The molecule has 0 spiro atoms. The number of piperidine rings is 1. The molecule has 9 nitrogen and oxygen atoms in total. The number of likely N-dealkylation sites (tertiary alicyclic amines) is 1. The van der Waals surface area contributed by atoms with Gasteiger partial charge < -0.3 is 30.6 Å². The van der Waals surface area contributed by atoms with E-state index in [-0.39, 0.29) is 6.09 Å². The van der Waals surface area contributed by atoms with Gasteiger partial charge in [-0.15, -0.1) is 0 Å². The van der Waals surface area contributed by atoms with E-state index < -0.39 is 12.1 Å². The second kappa shape index (κ2) is 12.6. The molecule has 0 radical (unpaired) electrons. The molecule has 1 saturated heterocycles. The summed E-state index contributed by atoms with van der Waals surface area (Å²) in [5.41, 5.74) is 5.77. The van der Waals surface area contributed by atoms with E-state index in [0.29, 0.717) is 19.1 Å². The normalized spacial score (nSPS) is 14.1. The van der Waals surface area contributed by atoms with Crippen LogP contribution in [-0.2, 0) is 22.7 Å². The number of hydrogen-bond acceptors (Lipinski definition) is 7. The Morgan fingerprint density at radius 1 is 1.15 bits per heavy atom. The van der Waals surface area contributed by atoms with Crippen LogP contribution in [0.1, 0.15) is 24.1 Å². The van der Waals surface area contributed by atoms with E-state index in [2.05, 4.69) is 21.0 Å². The van der Waals surface area contributed by atoms with Gasteiger partial charge in [0.1, 0.15) is 24.8 Å². The lowest BCUT2D eigenvalue weighted by atomic mass is 9.97. The first-order chi connectivity index (χ1) is 15.7. The number of nitrogens with zero attached hydrogens (tertiary/aromatic N) is 3. The number of halogens is 3. The molecule has 1 aromatic heterocycles. The van der Waals surface area contributed by atoms with Crippen molar-refractivity contribution >= 4 is 17.9 Å². The van der Waals surface area contributed by atoms with Crippen LogP contribution in [0.5, 0.6) is 0 Å². The zero-order chi connectivity index (χ0) is 24.3. The highest BCUT2D eigenvalue weighted by molar-refractivity contribution is 5.70. The summed E-state index contributed by atoms with van der Waals surface area (Å²) in [5, 5.41) is 12.2. The number of aliphatic carboxylic acids is 1. The monoisotopic (exact) mass is 469 g/mol. The molecule has 0 unspecified atom stereocenters. The first kappa shape index (κ1) is 25.8. The predicted octanol–water partition coefficient (Wildman–Crippen LogP) is 0.978. The maximum absolute atomic E-state index is 12.2. The fraction of sp³-hybridized carbons (Fsp3) is 0.429. The van der Waals surface area contributed by atoms with Crippen LogP contribution in [-0.4, -0.2) is 52.7 Å². The van der Waals surface area contributed by atoms with Crippen molar-refractivity contribution < 1.29 is 38.3 Å². The molecule has 0 bridgehead atoms. The fourth-order valence-electron chi connectivity index (χ4n) is 3.07. The van der Waals surface area contributed by atoms with Crippen molar-refractivity contribution in [3.63, 3.8) is 0 Å². The molecule has 4 N–H and O–H groups in total. The summed E-state index contributed by atoms with van der Waals surface area (Å²) in [7, 11) is 0. The van der Waals surface area contributed by atoms with Crippen molar-refractivity contribution in [1.29, 1.82) is 0 Å². The van der Waals surface area contributed by atoms with Gasteiger partial charge in [-0.2, -0.15) is 13.2 Å². The number of rotatable bonds is 6. The number of carbonyl (C=O) groups excluding carboxylic acids is 2. The molecule has 0 aliphatic carbocycles. The number of quaternary nitrogens is 1. The Morgan fingerprint density at radius 2 is 1.76 bits per heavy atom. The molecule has 0 atom stereocenters. The van der Waals surface area contributed by atoms with E-state index in [4.69, 9.17) is 14.6 Å². The van der Waals surface area contributed by atoms with Gasteiger partial charge in [0.2, 0.25) is 0 Å². The molecule has 12 heteroatoms. The second-order valence-electron chi connectivity index (χ2n) is 7.24. The lowest BCUT2D eigenvalue weighted by Crippen LogP contribution is -2.48. The molecule has 1 aliphatic rings. The average molecular weight is 469 g/mol. The number of benzene rings is 1. The zero-order valence-electron chi connectivity index (χ0n) is 17.9. The number of ether oxygens (including phenoxy) is 1. The van der Waals surface area contributed by atoms with Crippen LogP contribution in [0.4, 0.5) is 23.8 Å². The topological polar surface area (TPSA) is 135 Å². The SMILES string of the molecule is O=C([O-])C(F)(F)F.[NH3+]Cc1nccnc1NCC1CCN(C(=O)OCc2ccccc2)CC1. The smallest absolute Gasteiger partial charge is 0.430 e. The van der Waals surface area contributed by atoms with Crippen LogP contribution < -0.4 is 16.2 Å². The minimum atomic E-state index is -5.19. The molecular formula is C21H26F3N5O4. The van der Waals surface area contributed by atoms with Crippen molar-refractivity contribution in [2.24, 2.45) is 5.92 Å². The van der Waals surface area contributed by atoms with E-state index in [1.54, 1.807) is 17.3 Å². The fourth-order valence-corrected chi connectivity index (χ4v) is 3.07. The highest BCUT2D eigenvalue weighted by Gasteiger charge is 2.29. The van der Waals surface area contributed by atoms with Gasteiger partial charge in [-0.25, -0.2) is 14.8 Å². The number of carboxylic acid groups (broad SMARTS) is 1. The largest absolute Gasteiger partial charge is 0.542 e. The molecule has 1 aliphatic heterocycles. The van der Waals surface area contributed by atoms with Crippen molar-refractivity contribution in [2.45, 2.75) is 32.2 Å². The average Bonchev–Trinajstić information content (AvgIpc) is 2.82. The number of anilines is 1. The van der Waals surface area contributed by atoms with E-state index in [0.717, 1.165) is 49.6 Å². The van der Waals surface area contributed by atoms with E-state index in [1.807, 2.05) is 30.3 Å².